The smallest absolute Gasteiger partial charge is 0.338 e. The van der Waals surface area contributed by atoms with Crippen molar-refractivity contribution in [2.75, 3.05) is 11.9 Å². The molecule has 8 nitrogen and oxygen atoms in total. The van der Waals surface area contributed by atoms with Crippen LogP contribution in [0, 0.1) is 6.92 Å². The molecule has 0 bridgehead atoms. The zero-order valence-electron chi connectivity index (χ0n) is 16.2. The molecule has 4 rings (SSSR count). The third-order valence-electron chi connectivity index (χ3n) is 5.12. The lowest BCUT2D eigenvalue weighted by Crippen LogP contribution is -2.23. The number of carbonyl (C=O) groups is 2. The number of nitrogens with one attached hydrogen (secondary N) is 1. The van der Waals surface area contributed by atoms with Crippen LogP contribution >= 0.6 is 0 Å². The maximum atomic E-state index is 12.3. The van der Waals surface area contributed by atoms with E-state index in [0.717, 1.165) is 24.2 Å². The number of aromatic nitrogens is 4. The Hall–Kier alpha value is -3.42. The molecule has 1 aliphatic rings. The first-order chi connectivity index (χ1) is 14.1. The molecule has 0 spiro atoms. The van der Waals surface area contributed by atoms with Gasteiger partial charge in [-0.2, -0.15) is 10.2 Å². The van der Waals surface area contributed by atoms with E-state index in [-0.39, 0.29) is 12.5 Å². The lowest BCUT2D eigenvalue weighted by atomic mass is 10.2. The predicted octanol–water partition coefficient (Wildman–Crippen LogP) is 3.29. The van der Waals surface area contributed by atoms with Gasteiger partial charge in [-0.05, 0) is 50.1 Å². The van der Waals surface area contributed by atoms with Crippen LogP contribution in [0.15, 0.2) is 48.8 Å². The summed E-state index contributed by atoms with van der Waals surface area (Å²) in [5.74, 6) is -0.299. The third kappa shape index (κ3) is 4.21. The summed E-state index contributed by atoms with van der Waals surface area (Å²) in [6.45, 7) is 1.60. The Morgan fingerprint density at radius 1 is 1.07 bits per heavy atom. The summed E-state index contributed by atoms with van der Waals surface area (Å²) in [5.41, 5.74) is 2.22. The van der Waals surface area contributed by atoms with Crippen molar-refractivity contribution in [1.82, 2.24) is 19.6 Å². The molecule has 1 amide bonds. The largest absolute Gasteiger partial charge is 0.452 e. The SMILES string of the molecule is Cc1ccnn1-c1ccc(C(=O)OCC(=O)Nc2ccnn2C2CCCC2)cc1. The van der Waals surface area contributed by atoms with E-state index in [4.69, 9.17) is 4.74 Å². The molecule has 1 saturated carbocycles. The van der Waals surface area contributed by atoms with Crippen LogP contribution in [0.4, 0.5) is 5.82 Å². The van der Waals surface area contributed by atoms with Crippen LogP contribution in [0.3, 0.4) is 0 Å². The van der Waals surface area contributed by atoms with E-state index in [1.54, 1.807) is 47.4 Å². The number of ether oxygens (including phenoxy) is 1. The summed E-state index contributed by atoms with van der Waals surface area (Å²) in [5, 5.41) is 11.3. The highest BCUT2D eigenvalue weighted by molar-refractivity contribution is 5.95. The Bertz CT molecular complexity index is 1000. The maximum Gasteiger partial charge on any atom is 0.338 e. The topological polar surface area (TPSA) is 91.0 Å². The molecular weight excluding hydrogens is 370 g/mol. The van der Waals surface area contributed by atoms with E-state index in [0.29, 0.717) is 17.4 Å². The molecule has 2 heterocycles. The third-order valence-corrected chi connectivity index (χ3v) is 5.12. The van der Waals surface area contributed by atoms with Crippen LogP contribution in [-0.2, 0) is 9.53 Å². The molecule has 1 N–H and O–H groups in total. The van der Waals surface area contributed by atoms with Gasteiger partial charge in [0.15, 0.2) is 6.61 Å². The van der Waals surface area contributed by atoms with Crippen molar-refractivity contribution in [2.24, 2.45) is 0 Å². The minimum absolute atomic E-state index is 0.319. The van der Waals surface area contributed by atoms with Crippen molar-refractivity contribution in [2.45, 2.75) is 38.6 Å². The van der Waals surface area contributed by atoms with Gasteiger partial charge in [0, 0.05) is 18.0 Å². The number of carbonyl (C=O) groups excluding carboxylic acids is 2. The van der Waals surface area contributed by atoms with Gasteiger partial charge in [-0.15, -0.1) is 0 Å². The molecular formula is C21H23N5O3. The van der Waals surface area contributed by atoms with Crippen molar-refractivity contribution >= 4 is 17.7 Å². The van der Waals surface area contributed by atoms with Crippen molar-refractivity contribution in [3.8, 4) is 5.69 Å². The fourth-order valence-electron chi connectivity index (χ4n) is 3.62. The molecule has 8 heteroatoms. The summed E-state index contributed by atoms with van der Waals surface area (Å²) in [6, 6.07) is 10.9. The Balaban J connectivity index is 1.32. The average molecular weight is 393 g/mol. The minimum Gasteiger partial charge on any atom is -0.452 e. The van der Waals surface area contributed by atoms with Crippen molar-refractivity contribution in [1.29, 1.82) is 0 Å². The van der Waals surface area contributed by atoms with E-state index in [2.05, 4.69) is 15.5 Å². The molecule has 1 fully saturated rings. The molecule has 0 atom stereocenters. The van der Waals surface area contributed by atoms with Gasteiger partial charge < -0.3 is 10.1 Å². The first-order valence-corrected chi connectivity index (χ1v) is 9.73. The van der Waals surface area contributed by atoms with Gasteiger partial charge in [-0.3, -0.25) is 4.79 Å². The summed E-state index contributed by atoms with van der Waals surface area (Å²) >= 11 is 0. The monoisotopic (exact) mass is 393 g/mol. The number of rotatable bonds is 6. The van der Waals surface area contributed by atoms with Gasteiger partial charge in [0.25, 0.3) is 5.91 Å². The number of benzene rings is 1. The normalized spacial score (nSPS) is 14.1. The quantitative estimate of drug-likeness (QED) is 0.649. The number of esters is 1. The number of aryl methyl sites for hydroxylation is 1. The zero-order chi connectivity index (χ0) is 20.2. The molecule has 29 heavy (non-hydrogen) atoms. The number of anilines is 1. The van der Waals surface area contributed by atoms with Crippen molar-refractivity contribution < 1.29 is 14.3 Å². The Kier molecular flexibility index (Phi) is 5.41. The second-order valence-electron chi connectivity index (χ2n) is 7.15. The van der Waals surface area contributed by atoms with Gasteiger partial charge in [0.05, 0.1) is 23.5 Å². The lowest BCUT2D eigenvalue weighted by molar-refractivity contribution is -0.119. The number of amides is 1. The van der Waals surface area contributed by atoms with E-state index in [1.807, 2.05) is 17.7 Å². The molecule has 2 aromatic heterocycles. The summed E-state index contributed by atoms with van der Waals surface area (Å²) in [6.07, 6.45) is 7.86. The standard InChI is InChI=1S/C21H23N5O3/c1-15-10-12-22-25(15)18-8-6-16(7-9-18)21(28)29-14-20(27)24-19-11-13-23-26(19)17-4-2-3-5-17/h6-13,17H,2-5,14H2,1H3,(H,24,27). The van der Waals surface area contributed by atoms with Crippen LogP contribution in [0.5, 0.6) is 0 Å². The fraction of sp³-hybridized carbons (Fsp3) is 0.333. The Labute approximate surface area is 168 Å². The zero-order valence-corrected chi connectivity index (χ0v) is 16.2. The highest BCUT2D eigenvalue weighted by Crippen LogP contribution is 2.31. The first kappa shape index (κ1) is 18.9. The number of hydrogen-bond donors (Lipinski definition) is 1. The Morgan fingerprint density at radius 2 is 1.79 bits per heavy atom. The number of hydrogen-bond acceptors (Lipinski definition) is 5. The van der Waals surface area contributed by atoms with Gasteiger partial charge >= 0.3 is 5.97 Å². The second-order valence-corrected chi connectivity index (χ2v) is 7.15. The molecule has 0 radical (unpaired) electrons. The van der Waals surface area contributed by atoms with E-state index >= 15 is 0 Å². The van der Waals surface area contributed by atoms with Crippen LogP contribution in [0.1, 0.15) is 47.8 Å². The van der Waals surface area contributed by atoms with Gasteiger partial charge in [-0.25, -0.2) is 14.2 Å². The van der Waals surface area contributed by atoms with Gasteiger partial charge in [0.1, 0.15) is 5.82 Å². The predicted molar refractivity (Wildman–Crippen MR) is 107 cm³/mol. The molecule has 1 aromatic carbocycles. The van der Waals surface area contributed by atoms with Crippen LogP contribution in [-0.4, -0.2) is 38.0 Å². The summed E-state index contributed by atoms with van der Waals surface area (Å²) in [7, 11) is 0. The molecule has 1 aliphatic carbocycles. The molecule has 0 unspecified atom stereocenters. The molecule has 0 aliphatic heterocycles. The first-order valence-electron chi connectivity index (χ1n) is 9.73. The fourth-order valence-corrected chi connectivity index (χ4v) is 3.62. The van der Waals surface area contributed by atoms with E-state index in [9.17, 15) is 9.59 Å². The minimum atomic E-state index is -0.548. The van der Waals surface area contributed by atoms with E-state index < -0.39 is 5.97 Å². The maximum absolute atomic E-state index is 12.3. The van der Waals surface area contributed by atoms with Gasteiger partial charge in [-0.1, -0.05) is 12.8 Å². The summed E-state index contributed by atoms with van der Waals surface area (Å²) < 4.78 is 8.78. The highest BCUT2D eigenvalue weighted by atomic mass is 16.5. The molecule has 3 aromatic rings. The average Bonchev–Trinajstić information content (AvgIpc) is 3.48. The van der Waals surface area contributed by atoms with E-state index in [1.165, 1.54) is 12.8 Å². The van der Waals surface area contributed by atoms with Crippen molar-refractivity contribution in [3.05, 3.63) is 60.0 Å². The molecule has 0 saturated heterocycles. The molecule has 150 valence electrons. The second kappa shape index (κ2) is 8.30. The van der Waals surface area contributed by atoms with Gasteiger partial charge in [0.2, 0.25) is 0 Å². The van der Waals surface area contributed by atoms with Crippen LogP contribution in [0.2, 0.25) is 0 Å². The summed E-state index contributed by atoms with van der Waals surface area (Å²) in [4.78, 5) is 24.5. The highest BCUT2D eigenvalue weighted by Gasteiger charge is 2.21. The lowest BCUT2D eigenvalue weighted by Gasteiger charge is -2.14. The van der Waals surface area contributed by atoms with Crippen molar-refractivity contribution in [3.63, 3.8) is 0 Å². The Morgan fingerprint density at radius 3 is 2.48 bits per heavy atom. The van der Waals surface area contributed by atoms with Crippen LogP contribution in [0.25, 0.3) is 5.69 Å². The number of nitrogens with zero attached hydrogens (tertiary/aromatic N) is 4. The van der Waals surface area contributed by atoms with Crippen LogP contribution < -0.4 is 5.32 Å².